The summed E-state index contributed by atoms with van der Waals surface area (Å²) < 4.78 is 15.6. The van der Waals surface area contributed by atoms with E-state index < -0.39 is 0 Å². The molecule has 0 atom stereocenters. The topological polar surface area (TPSA) is 83.2 Å². The van der Waals surface area contributed by atoms with Gasteiger partial charge in [-0.15, -0.1) is 0 Å². The van der Waals surface area contributed by atoms with Crippen LogP contribution in [0.25, 0.3) is 22.7 Å². The van der Waals surface area contributed by atoms with Crippen molar-refractivity contribution >= 4 is 0 Å². The quantitative estimate of drug-likeness (QED) is 0.507. The molecule has 0 saturated carbocycles. The molecule has 140 valence electrons. The van der Waals surface area contributed by atoms with Gasteiger partial charge >= 0.3 is 0 Å². The van der Waals surface area contributed by atoms with E-state index in [9.17, 15) is 0 Å². The molecule has 0 aliphatic rings. The zero-order valence-corrected chi connectivity index (χ0v) is 15.5. The smallest absolute Gasteiger partial charge is 0.259 e. The molecule has 0 fully saturated rings. The number of nitrogens with zero attached hydrogens (tertiary/aromatic N) is 4. The summed E-state index contributed by atoms with van der Waals surface area (Å²) in [6, 6.07) is 15.3. The fourth-order valence-corrected chi connectivity index (χ4v) is 2.71. The molecule has 0 saturated heterocycles. The van der Waals surface area contributed by atoms with Crippen LogP contribution < -0.4 is 9.47 Å². The third-order valence-electron chi connectivity index (χ3n) is 4.24. The molecule has 0 bridgehead atoms. The number of hydrogen-bond donors (Lipinski definition) is 0. The van der Waals surface area contributed by atoms with Crippen LogP contribution >= 0.6 is 0 Å². The van der Waals surface area contributed by atoms with Crippen molar-refractivity contribution in [1.29, 1.82) is 0 Å². The molecule has 0 radical (unpaired) electrons. The minimum absolute atomic E-state index is 0.440. The van der Waals surface area contributed by atoms with E-state index in [1.54, 1.807) is 32.7 Å². The summed E-state index contributed by atoms with van der Waals surface area (Å²) >= 11 is 0. The van der Waals surface area contributed by atoms with Gasteiger partial charge in [0.15, 0.2) is 5.82 Å². The van der Waals surface area contributed by atoms with Gasteiger partial charge in [0.2, 0.25) is 5.88 Å². The number of aromatic nitrogens is 4. The number of methoxy groups -OCH3 is 2. The van der Waals surface area contributed by atoms with Crippen molar-refractivity contribution in [2.24, 2.45) is 0 Å². The van der Waals surface area contributed by atoms with Crippen LogP contribution in [0.3, 0.4) is 0 Å². The lowest BCUT2D eigenvalue weighted by Gasteiger charge is -2.02. The Morgan fingerprint density at radius 1 is 0.821 bits per heavy atom. The van der Waals surface area contributed by atoms with Crippen molar-refractivity contribution < 1.29 is 14.0 Å². The highest BCUT2D eigenvalue weighted by Crippen LogP contribution is 2.23. The summed E-state index contributed by atoms with van der Waals surface area (Å²) in [5.74, 6) is 2.44. The second kappa shape index (κ2) is 7.87. The molecule has 28 heavy (non-hydrogen) atoms. The molecule has 0 aliphatic heterocycles. The molecular formula is C21H18N4O3. The molecule has 0 aliphatic carbocycles. The number of pyridine rings is 2. The predicted octanol–water partition coefficient (Wildman–Crippen LogP) is 3.80. The standard InChI is InChI=1S/C21H18N4O3/c1-26-17-7-3-14(4-8-17)11-19-24-21(28-25-19)16-5-9-18(22-13-16)15-6-10-20(27-2)23-12-15/h3-10,12-13H,11H2,1-2H3. The Balaban J connectivity index is 1.48. The van der Waals surface area contributed by atoms with Crippen LogP contribution in [-0.4, -0.2) is 34.3 Å². The monoisotopic (exact) mass is 374 g/mol. The predicted molar refractivity (Wildman–Crippen MR) is 103 cm³/mol. The Kier molecular flexibility index (Phi) is 4.97. The van der Waals surface area contributed by atoms with Crippen LogP contribution in [0.2, 0.25) is 0 Å². The summed E-state index contributed by atoms with van der Waals surface area (Å²) in [6.07, 6.45) is 4.02. The highest BCUT2D eigenvalue weighted by molar-refractivity contribution is 5.62. The molecule has 0 unspecified atom stereocenters. The lowest BCUT2D eigenvalue weighted by Crippen LogP contribution is -1.92. The van der Waals surface area contributed by atoms with E-state index in [1.165, 1.54) is 0 Å². The summed E-state index contributed by atoms with van der Waals surface area (Å²) in [5, 5.41) is 4.06. The fraction of sp³-hybridized carbons (Fsp3) is 0.143. The van der Waals surface area contributed by atoms with Crippen LogP contribution in [0.4, 0.5) is 0 Å². The summed E-state index contributed by atoms with van der Waals surface area (Å²) in [5.41, 5.74) is 3.54. The van der Waals surface area contributed by atoms with Crippen LogP contribution in [0.15, 0.2) is 65.4 Å². The van der Waals surface area contributed by atoms with Gasteiger partial charge in [-0.1, -0.05) is 17.3 Å². The maximum absolute atomic E-state index is 5.39. The van der Waals surface area contributed by atoms with Gasteiger partial charge < -0.3 is 14.0 Å². The molecule has 0 amide bonds. The average Bonchev–Trinajstić information content (AvgIpc) is 3.23. The van der Waals surface area contributed by atoms with Gasteiger partial charge in [-0.2, -0.15) is 4.98 Å². The van der Waals surface area contributed by atoms with E-state index in [2.05, 4.69) is 20.1 Å². The van der Waals surface area contributed by atoms with Crippen molar-refractivity contribution in [1.82, 2.24) is 20.1 Å². The maximum atomic E-state index is 5.39. The number of rotatable bonds is 6. The second-order valence-electron chi connectivity index (χ2n) is 6.06. The fourth-order valence-electron chi connectivity index (χ4n) is 2.71. The Hall–Kier alpha value is -3.74. The SMILES string of the molecule is COc1ccc(Cc2noc(-c3ccc(-c4ccc(OC)nc4)nc3)n2)cc1. The molecule has 3 heterocycles. The first-order chi connectivity index (χ1) is 13.7. The van der Waals surface area contributed by atoms with E-state index >= 15 is 0 Å². The van der Waals surface area contributed by atoms with E-state index in [4.69, 9.17) is 14.0 Å². The normalized spacial score (nSPS) is 10.6. The molecule has 7 heteroatoms. The van der Waals surface area contributed by atoms with Gasteiger partial charge in [0, 0.05) is 30.4 Å². The molecule has 4 aromatic rings. The van der Waals surface area contributed by atoms with E-state index in [0.29, 0.717) is 24.0 Å². The van der Waals surface area contributed by atoms with E-state index in [0.717, 1.165) is 28.1 Å². The Bertz CT molecular complexity index is 1040. The van der Waals surface area contributed by atoms with E-state index in [-0.39, 0.29) is 0 Å². The average molecular weight is 374 g/mol. The highest BCUT2D eigenvalue weighted by Gasteiger charge is 2.11. The van der Waals surface area contributed by atoms with Crippen LogP contribution in [0.5, 0.6) is 11.6 Å². The summed E-state index contributed by atoms with van der Waals surface area (Å²) in [7, 11) is 3.23. The van der Waals surface area contributed by atoms with Gasteiger partial charge in [0.05, 0.1) is 25.5 Å². The highest BCUT2D eigenvalue weighted by atomic mass is 16.5. The zero-order valence-electron chi connectivity index (χ0n) is 15.5. The Morgan fingerprint density at radius 3 is 2.25 bits per heavy atom. The van der Waals surface area contributed by atoms with Crippen molar-refractivity contribution in [3.63, 3.8) is 0 Å². The minimum atomic E-state index is 0.440. The molecule has 4 rings (SSSR count). The van der Waals surface area contributed by atoms with Crippen molar-refractivity contribution in [2.75, 3.05) is 14.2 Å². The summed E-state index contributed by atoms with van der Waals surface area (Å²) in [6.45, 7) is 0. The molecule has 3 aromatic heterocycles. The first kappa shape index (κ1) is 17.7. The number of ether oxygens (including phenoxy) is 2. The number of benzene rings is 1. The van der Waals surface area contributed by atoms with Gasteiger partial charge in [0.1, 0.15) is 5.75 Å². The van der Waals surface area contributed by atoms with Crippen LogP contribution in [0.1, 0.15) is 11.4 Å². The van der Waals surface area contributed by atoms with Gasteiger partial charge in [-0.3, -0.25) is 4.98 Å². The maximum Gasteiger partial charge on any atom is 0.259 e. The third-order valence-corrected chi connectivity index (χ3v) is 4.24. The molecule has 7 nitrogen and oxygen atoms in total. The molecular weight excluding hydrogens is 356 g/mol. The minimum Gasteiger partial charge on any atom is -0.497 e. The Labute approximate surface area is 162 Å². The lowest BCUT2D eigenvalue weighted by atomic mass is 10.1. The Morgan fingerprint density at radius 2 is 1.61 bits per heavy atom. The summed E-state index contributed by atoms with van der Waals surface area (Å²) in [4.78, 5) is 13.1. The third kappa shape index (κ3) is 3.83. The van der Waals surface area contributed by atoms with Crippen molar-refractivity contribution in [2.45, 2.75) is 6.42 Å². The largest absolute Gasteiger partial charge is 0.497 e. The van der Waals surface area contributed by atoms with Gasteiger partial charge in [0.25, 0.3) is 5.89 Å². The van der Waals surface area contributed by atoms with Crippen LogP contribution in [0, 0.1) is 0 Å². The first-order valence-electron chi connectivity index (χ1n) is 8.67. The zero-order chi connectivity index (χ0) is 19.3. The second-order valence-corrected chi connectivity index (χ2v) is 6.06. The molecule has 0 N–H and O–H groups in total. The first-order valence-corrected chi connectivity index (χ1v) is 8.67. The van der Waals surface area contributed by atoms with Crippen molar-refractivity contribution in [3.05, 3.63) is 72.3 Å². The lowest BCUT2D eigenvalue weighted by molar-refractivity contribution is 0.398. The van der Waals surface area contributed by atoms with Crippen LogP contribution in [-0.2, 0) is 6.42 Å². The van der Waals surface area contributed by atoms with E-state index in [1.807, 2.05) is 42.5 Å². The van der Waals surface area contributed by atoms with Crippen molar-refractivity contribution in [3.8, 4) is 34.3 Å². The molecule has 1 aromatic carbocycles. The number of hydrogen-bond acceptors (Lipinski definition) is 7. The molecule has 0 spiro atoms. The van der Waals surface area contributed by atoms with Gasteiger partial charge in [-0.25, -0.2) is 4.98 Å². The van der Waals surface area contributed by atoms with Gasteiger partial charge in [-0.05, 0) is 35.9 Å².